The van der Waals surface area contributed by atoms with E-state index in [1.54, 1.807) is 20.8 Å². The Morgan fingerprint density at radius 1 is 0.629 bits per heavy atom. The van der Waals surface area contributed by atoms with E-state index in [0.717, 1.165) is 0 Å². The van der Waals surface area contributed by atoms with Crippen LogP contribution < -0.4 is 65.5 Å². The number of amides is 8. The minimum Gasteiger partial charge on any atom is -0.480 e. The number of carbonyl (C=O) groups is 9. The number of nitrogens with two attached hydrogens (primary N) is 4. The lowest BCUT2D eigenvalue weighted by molar-refractivity contribution is -0.142. The number of thioether (sulfide) groups is 1. The van der Waals surface area contributed by atoms with E-state index >= 15 is 0 Å². The van der Waals surface area contributed by atoms with Crippen LogP contribution in [0, 0.1) is 17.8 Å². The van der Waals surface area contributed by atoms with Crippen LogP contribution >= 0.6 is 11.8 Å². The number of nitrogens with zero attached hydrogens (tertiary/aromatic N) is 1. The van der Waals surface area contributed by atoms with Crippen molar-refractivity contribution >= 4 is 70.9 Å². The van der Waals surface area contributed by atoms with E-state index < -0.39 is 113 Å². The maximum absolute atomic E-state index is 13.8. The molecule has 0 rings (SSSR count). The van der Waals surface area contributed by atoms with Gasteiger partial charge in [0, 0.05) is 17.0 Å². The Kier molecular flexibility index (Phi) is 29.9. The van der Waals surface area contributed by atoms with E-state index in [9.17, 15) is 48.3 Å². The van der Waals surface area contributed by atoms with Gasteiger partial charge in [-0.05, 0) is 76.7 Å². The molecule has 24 heteroatoms. The number of aliphatic carboxylic acids is 1. The highest BCUT2D eigenvalue weighted by Crippen LogP contribution is 2.24. The molecule has 0 aliphatic carbocycles. The third-order valence-electron chi connectivity index (χ3n) is 11.1. The van der Waals surface area contributed by atoms with Gasteiger partial charge in [-0.25, -0.2) is 4.79 Å². The summed E-state index contributed by atoms with van der Waals surface area (Å²) in [4.78, 5) is 123. The molecule has 0 aliphatic heterocycles. The first-order chi connectivity index (χ1) is 32.5. The Bertz CT molecular complexity index is 1810. The molecule has 0 aromatic heterocycles. The highest BCUT2D eigenvalue weighted by molar-refractivity contribution is 8.00. The van der Waals surface area contributed by atoms with Crippen molar-refractivity contribution in [2.75, 3.05) is 18.8 Å². The molecule has 23 nitrogen and oxygen atoms in total. The van der Waals surface area contributed by atoms with Crippen molar-refractivity contribution in [2.24, 2.45) is 45.7 Å². The second-order valence-electron chi connectivity index (χ2n) is 19.1. The molecule has 0 radical (unpaired) electrons. The van der Waals surface area contributed by atoms with Gasteiger partial charge in [-0.3, -0.25) is 43.3 Å². The fraction of sp³-hybridized carbons (Fsp3) is 0.739. The Balaban J connectivity index is 5.92. The molecule has 10 atom stereocenters. The maximum atomic E-state index is 13.8. The highest BCUT2D eigenvalue weighted by Gasteiger charge is 2.35. The van der Waals surface area contributed by atoms with Crippen LogP contribution in [0.25, 0.3) is 0 Å². The van der Waals surface area contributed by atoms with E-state index in [-0.39, 0.29) is 54.1 Å². The Morgan fingerprint density at radius 3 is 1.61 bits per heavy atom. The number of guanidine groups is 1. The van der Waals surface area contributed by atoms with E-state index in [1.165, 1.54) is 25.6 Å². The molecular formula is C46H85N13O10S. The first-order valence-electron chi connectivity index (χ1n) is 24.0. The van der Waals surface area contributed by atoms with Crippen molar-refractivity contribution in [1.82, 2.24) is 42.5 Å². The zero-order chi connectivity index (χ0) is 54.1. The van der Waals surface area contributed by atoms with Crippen LogP contribution in [0.2, 0.25) is 0 Å². The molecule has 0 fully saturated rings. The summed E-state index contributed by atoms with van der Waals surface area (Å²) in [5.74, 6) is -8.08. The van der Waals surface area contributed by atoms with Crippen LogP contribution in [0.15, 0.2) is 17.3 Å². The molecule has 0 bridgehead atoms. The fourth-order valence-electron chi connectivity index (χ4n) is 6.40. The summed E-state index contributed by atoms with van der Waals surface area (Å²) >= 11 is 1.38. The van der Waals surface area contributed by atoms with Gasteiger partial charge >= 0.3 is 5.97 Å². The summed E-state index contributed by atoms with van der Waals surface area (Å²) in [5.41, 5.74) is 21.8. The number of unbranched alkanes of at least 4 members (excludes halogenated alkanes) is 1. The Morgan fingerprint density at radius 2 is 1.13 bits per heavy atom. The minimum atomic E-state index is -1.23. The zero-order valence-electron chi connectivity index (χ0n) is 43.1. The average molecular weight is 1010 g/mol. The predicted octanol–water partition coefficient (Wildman–Crippen LogP) is -0.686. The number of aliphatic imine (C=N–C) groups is 1. The van der Waals surface area contributed by atoms with Crippen molar-refractivity contribution < 1.29 is 48.3 Å². The second kappa shape index (κ2) is 32.4. The number of carbonyl (C=O) groups excluding carboxylic acids is 8. The second-order valence-corrected chi connectivity index (χ2v) is 20.9. The fourth-order valence-corrected chi connectivity index (χ4v) is 7.31. The van der Waals surface area contributed by atoms with Gasteiger partial charge in [-0.1, -0.05) is 81.7 Å². The summed E-state index contributed by atoms with van der Waals surface area (Å²) in [5, 5.41) is 30.4. The smallest absolute Gasteiger partial charge is 0.326 e. The molecule has 70 heavy (non-hydrogen) atoms. The lowest BCUT2D eigenvalue weighted by Crippen LogP contribution is -2.59. The number of hydrogen-bond acceptors (Lipinski definition) is 13. The standard InChI is InChI=1S/C46H85N13O10S/c1-13-25(5)34(58-38(62)29(9)52-36(60)27(7)53-43(67)35(26(6)14-2)59-39(63)30(48)18-17-21-51-45(49)50)42(66)54-28(8)37(61)56-32(22-24(3)4)40(64)57-33(23-70-46(10,11)12)41(65)55-31(44(68)69)19-15-16-20-47/h24-28,30-35H,9,13-23,47-48H2,1-8,10-12H3,(H,52,60)(H,53,67)(H,54,66)(H,55,65)(H,56,61)(H,57,64)(H,58,62)(H,59,63)(H,68,69)(H4,49,50,51)/t25-,26-,27-,28-,30-,31-,32-,33-,34-,35-/m0/s1. The van der Waals surface area contributed by atoms with Crippen LogP contribution in [0.3, 0.4) is 0 Å². The van der Waals surface area contributed by atoms with Gasteiger partial charge in [-0.15, -0.1) is 0 Å². The molecule has 8 amide bonds. The van der Waals surface area contributed by atoms with Gasteiger partial charge in [0.1, 0.15) is 42.3 Å². The van der Waals surface area contributed by atoms with Crippen LogP contribution in [0.4, 0.5) is 0 Å². The number of carboxylic acids is 1. The molecular weight excluding hydrogens is 927 g/mol. The number of nitrogens with one attached hydrogen (secondary N) is 8. The van der Waals surface area contributed by atoms with Gasteiger partial charge in [0.2, 0.25) is 41.4 Å². The SMILES string of the molecule is C=C(NC(=O)[C@H](C)NC(=O)[C@@H](NC(=O)[C@@H](N)CCCN=C(N)N)[C@@H](C)CC)C(=O)N[C@H](C(=O)N[C@@H](C)C(=O)N[C@@H](CC(C)C)C(=O)N[C@@H](CSC(C)(C)C)C(=O)N[C@@H](CCCCN)C(=O)O)[C@@H](C)CC. The van der Waals surface area contributed by atoms with Crippen LogP contribution in [0.5, 0.6) is 0 Å². The van der Waals surface area contributed by atoms with Gasteiger partial charge in [-0.2, -0.15) is 11.8 Å². The minimum absolute atomic E-state index is 0.0900. The molecule has 0 spiro atoms. The lowest BCUT2D eigenvalue weighted by Gasteiger charge is -2.28. The molecule has 0 saturated heterocycles. The summed E-state index contributed by atoms with van der Waals surface area (Å²) in [7, 11) is 0. The molecule has 0 aliphatic rings. The molecule has 400 valence electrons. The van der Waals surface area contributed by atoms with E-state index in [4.69, 9.17) is 22.9 Å². The highest BCUT2D eigenvalue weighted by atomic mass is 32.2. The monoisotopic (exact) mass is 1010 g/mol. The largest absolute Gasteiger partial charge is 0.480 e. The van der Waals surface area contributed by atoms with Crippen LogP contribution in [-0.4, -0.2) is 136 Å². The lowest BCUT2D eigenvalue weighted by atomic mass is 9.97. The Labute approximate surface area is 417 Å². The molecule has 0 aromatic rings. The van der Waals surface area contributed by atoms with Gasteiger partial charge in [0.25, 0.3) is 5.91 Å². The summed E-state index contributed by atoms with van der Waals surface area (Å²) in [6, 6.07) is -9.21. The quantitative estimate of drug-likeness (QED) is 0.0168. The Hall–Kier alpha value is -5.49. The van der Waals surface area contributed by atoms with Crippen molar-refractivity contribution in [2.45, 2.75) is 181 Å². The number of carboxylic acid groups (broad SMARTS) is 1. The van der Waals surface area contributed by atoms with E-state index in [2.05, 4.69) is 54.1 Å². The maximum Gasteiger partial charge on any atom is 0.326 e. The van der Waals surface area contributed by atoms with E-state index in [1.807, 2.05) is 41.5 Å². The van der Waals surface area contributed by atoms with Crippen molar-refractivity contribution in [1.29, 1.82) is 0 Å². The molecule has 0 unspecified atom stereocenters. The van der Waals surface area contributed by atoms with Gasteiger partial charge < -0.3 is 70.6 Å². The number of rotatable bonds is 33. The van der Waals surface area contributed by atoms with E-state index in [0.29, 0.717) is 38.6 Å². The van der Waals surface area contributed by atoms with Gasteiger partial charge in [0.05, 0.1) is 11.7 Å². The number of hydrogen-bond donors (Lipinski definition) is 13. The first-order valence-corrected chi connectivity index (χ1v) is 25.0. The van der Waals surface area contributed by atoms with Crippen molar-refractivity contribution in [3.05, 3.63) is 12.3 Å². The van der Waals surface area contributed by atoms with Crippen LogP contribution in [0.1, 0.15) is 128 Å². The molecule has 0 saturated carbocycles. The van der Waals surface area contributed by atoms with Crippen LogP contribution in [-0.2, 0) is 43.2 Å². The molecule has 0 heterocycles. The third kappa shape index (κ3) is 25.4. The van der Waals surface area contributed by atoms with Gasteiger partial charge in [0.15, 0.2) is 5.96 Å². The van der Waals surface area contributed by atoms with Crippen molar-refractivity contribution in [3.8, 4) is 0 Å². The van der Waals surface area contributed by atoms with Crippen molar-refractivity contribution in [3.63, 3.8) is 0 Å². The average Bonchev–Trinajstić information content (AvgIpc) is 3.27. The summed E-state index contributed by atoms with van der Waals surface area (Å²) < 4.78 is -0.323. The normalized spacial score (nSPS) is 15.6. The predicted molar refractivity (Wildman–Crippen MR) is 271 cm³/mol. The summed E-state index contributed by atoms with van der Waals surface area (Å²) in [6.07, 6.45) is 2.87. The zero-order valence-corrected chi connectivity index (χ0v) is 43.9. The summed E-state index contributed by atoms with van der Waals surface area (Å²) in [6.45, 7) is 23.5. The third-order valence-corrected chi connectivity index (χ3v) is 12.5. The molecule has 17 N–H and O–H groups in total. The molecule has 0 aromatic carbocycles. The first kappa shape index (κ1) is 64.5. The topological polar surface area (TPSA) is 387 Å².